The lowest BCUT2D eigenvalue weighted by molar-refractivity contribution is -0.130. The third kappa shape index (κ3) is 6.32. The van der Waals surface area contributed by atoms with Crippen molar-refractivity contribution in [3.63, 3.8) is 0 Å². The van der Waals surface area contributed by atoms with Gasteiger partial charge in [-0.1, -0.05) is 42.5 Å². The maximum atomic E-state index is 12.3. The molecule has 0 bridgehead atoms. The van der Waals surface area contributed by atoms with Crippen molar-refractivity contribution < 1.29 is 9.59 Å². The van der Waals surface area contributed by atoms with Crippen LogP contribution in [0.5, 0.6) is 0 Å². The molecule has 2 N–H and O–H groups in total. The number of hydrogen-bond donors (Lipinski definition) is 2. The van der Waals surface area contributed by atoms with Crippen molar-refractivity contribution in [1.29, 1.82) is 0 Å². The van der Waals surface area contributed by atoms with Crippen LogP contribution in [0.25, 0.3) is 0 Å². The Morgan fingerprint density at radius 1 is 0.926 bits per heavy atom. The molecule has 0 aliphatic carbocycles. The predicted molar refractivity (Wildman–Crippen MR) is 111 cm³/mol. The summed E-state index contributed by atoms with van der Waals surface area (Å²) in [5, 5.41) is 5.68. The summed E-state index contributed by atoms with van der Waals surface area (Å²) < 4.78 is 0. The smallest absolute Gasteiger partial charge is 0.319 e. The Kier molecular flexibility index (Phi) is 7.16. The number of urea groups is 1. The predicted octanol–water partition coefficient (Wildman–Crippen LogP) is 3.17. The molecule has 2 aromatic rings. The number of carbonyl (C=O) groups excluding carboxylic acids is 2. The first kappa shape index (κ1) is 19.3. The first-order valence-corrected chi connectivity index (χ1v) is 10.4. The maximum absolute atomic E-state index is 12.3. The van der Waals surface area contributed by atoms with Crippen LogP contribution in [0.1, 0.15) is 11.1 Å². The van der Waals surface area contributed by atoms with Gasteiger partial charge in [0.25, 0.3) is 0 Å². The van der Waals surface area contributed by atoms with Crippen LogP contribution in [-0.2, 0) is 17.6 Å². The zero-order valence-corrected chi connectivity index (χ0v) is 16.1. The molecule has 0 aromatic heterocycles. The molecule has 0 spiro atoms. The van der Waals surface area contributed by atoms with Crippen molar-refractivity contribution in [1.82, 2.24) is 10.2 Å². The van der Waals surface area contributed by atoms with E-state index in [0.29, 0.717) is 13.0 Å². The van der Waals surface area contributed by atoms with Crippen LogP contribution in [0.2, 0.25) is 0 Å². The molecule has 5 nitrogen and oxygen atoms in total. The Bertz CT molecular complexity index is 744. The fourth-order valence-electron chi connectivity index (χ4n) is 2.95. The first-order chi connectivity index (χ1) is 13.2. The van der Waals surface area contributed by atoms with Gasteiger partial charge < -0.3 is 15.5 Å². The largest absolute Gasteiger partial charge is 0.341 e. The second-order valence-electron chi connectivity index (χ2n) is 6.48. The highest BCUT2D eigenvalue weighted by atomic mass is 32.2. The number of amides is 3. The Labute approximate surface area is 164 Å². The van der Waals surface area contributed by atoms with Crippen LogP contribution < -0.4 is 10.6 Å². The van der Waals surface area contributed by atoms with E-state index in [0.717, 1.165) is 42.3 Å². The van der Waals surface area contributed by atoms with Crippen LogP contribution in [-0.4, -0.2) is 48.0 Å². The summed E-state index contributed by atoms with van der Waals surface area (Å²) in [4.78, 5) is 26.2. The molecule has 1 saturated heterocycles. The quantitative estimate of drug-likeness (QED) is 0.805. The van der Waals surface area contributed by atoms with E-state index in [2.05, 4.69) is 10.6 Å². The lowest BCUT2D eigenvalue weighted by Crippen LogP contribution is -2.38. The minimum atomic E-state index is -0.222. The number of hydrogen-bond acceptors (Lipinski definition) is 3. The van der Waals surface area contributed by atoms with E-state index >= 15 is 0 Å². The van der Waals surface area contributed by atoms with E-state index in [9.17, 15) is 9.59 Å². The molecule has 1 aliphatic heterocycles. The zero-order valence-electron chi connectivity index (χ0n) is 15.3. The Hall–Kier alpha value is -2.47. The minimum Gasteiger partial charge on any atom is -0.341 e. The molecular formula is C21H25N3O2S. The number of anilines is 1. The first-order valence-electron chi connectivity index (χ1n) is 9.24. The summed E-state index contributed by atoms with van der Waals surface area (Å²) in [6, 6.07) is 17.3. The molecule has 3 rings (SSSR count). The van der Waals surface area contributed by atoms with Crippen LogP contribution in [0.4, 0.5) is 10.5 Å². The van der Waals surface area contributed by atoms with E-state index in [-0.39, 0.29) is 11.9 Å². The van der Waals surface area contributed by atoms with Gasteiger partial charge in [0.15, 0.2) is 0 Å². The van der Waals surface area contributed by atoms with E-state index in [4.69, 9.17) is 0 Å². The van der Waals surface area contributed by atoms with Crippen molar-refractivity contribution in [2.24, 2.45) is 0 Å². The number of carbonyl (C=O) groups is 2. The summed E-state index contributed by atoms with van der Waals surface area (Å²) in [6.07, 6.45) is 1.21. The van der Waals surface area contributed by atoms with Gasteiger partial charge in [0.1, 0.15) is 0 Å². The van der Waals surface area contributed by atoms with Crippen molar-refractivity contribution in [3.8, 4) is 0 Å². The third-order valence-corrected chi connectivity index (χ3v) is 5.42. The number of thioether (sulfide) groups is 1. The molecule has 0 atom stereocenters. The van der Waals surface area contributed by atoms with Gasteiger partial charge in [-0.25, -0.2) is 4.79 Å². The minimum absolute atomic E-state index is 0.176. The Morgan fingerprint density at radius 2 is 1.63 bits per heavy atom. The number of nitrogens with one attached hydrogen (secondary N) is 2. The molecule has 0 radical (unpaired) electrons. The highest BCUT2D eigenvalue weighted by molar-refractivity contribution is 7.99. The number of rotatable bonds is 6. The molecule has 1 fully saturated rings. The molecule has 2 aromatic carbocycles. The van der Waals surface area contributed by atoms with Gasteiger partial charge >= 0.3 is 6.03 Å². The molecule has 1 heterocycles. The maximum Gasteiger partial charge on any atom is 0.319 e. The Morgan fingerprint density at radius 3 is 2.33 bits per heavy atom. The molecule has 142 valence electrons. The van der Waals surface area contributed by atoms with Gasteiger partial charge in [0.05, 0.1) is 6.42 Å². The zero-order chi connectivity index (χ0) is 18.9. The lowest BCUT2D eigenvalue weighted by Gasteiger charge is -2.26. The average molecular weight is 384 g/mol. The summed E-state index contributed by atoms with van der Waals surface area (Å²) in [6.45, 7) is 2.26. The van der Waals surface area contributed by atoms with Gasteiger partial charge in [-0.05, 0) is 29.7 Å². The summed E-state index contributed by atoms with van der Waals surface area (Å²) in [5.41, 5.74) is 2.88. The SMILES string of the molecule is O=C(NCCc1ccccc1)Nc1ccc(CC(=O)N2CCSCC2)cc1. The van der Waals surface area contributed by atoms with Crippen molar-refractivity contribution in [2.45, 2.75) is 12.8 Å². The highest BCUT2D eigenvalue weighted by Gasteiger charge is 2.16. The van der Waals surface area contributed by atoms with Crippen molar-refractivity contribution >= 4 is 29.4 Å². The van der Waals surface area contributed by atoms with E-state index < -0.39 is 0 Å². The third-order valence-electron chi connectivity index (χ3n) is 4.47. The van der Waals surface area contributed by atoms with E-state index in [1.165, 1.54) is 5.56 Å². The standard InChI is InChI=1S/C21H25N3O2S/c25-20(24-12-14-27-15-13-24)16-18-6-8-19(9-7-18)23-21(26)22-11-10-17-4-2-1-3-5-17/h1-9H,10-16H2,(H2,22,23,26). The van der Waals surface area contributed by atoms with E-state index in [1.807, 2.05) is 71.3 Å². The van der Waals surface area contributed by atoms with Crippen molar-refractivity contribution in [3.05, 3.63) is 65.7 Å². The van der Waals surface area contributed by atoms with Crippen LogP contribution >= 0.6 is 11.8 Å². The highest BCUT2D eigenvalue weighted by Crippen LogP contribution is 2.14. The molecule has 27 heavy (non-hydrogen) atoms. The van der Waals surface area contributed by atoms with Gasteiger partial charge in [-0.15, -0.1) is 0 Å². The van der Waals surface area contributed by atoms with Crippen LogP contribution in [0.15, 0.2) is 54.6 Å². The fourth-order valence-corrected chi connectivity index (χ4v) is 3.85. The normalized spacial score (nSPS) is 13.9. The lowest BCUT2D eigenvalue weighted by atomic mass is 10.1. The Balaban J connectivity index is 1.41. The van der Waals surface area contributed by atoms with Gasteiger partial charge in [0, 0.05) is 36.8 Å². The summed E-state index contributed by atoms with van der Waals surface area (Å²) >= 11 is 1.89. The summed E-state index contributed by atoms with van der Waals surface area (Å²) in [5.74, 6) is 2.22. The second-order valence-corrected chi connectivity index (χ2v) is 7.71. The van der Waals surface area contributed by atoms with Crippen molar-refractivity contribution in [2.75, 3.05) is 36.5 Å². The van der Waals surface area contributed by atoms with Crippen LogP contribution in [0, 0.1) is 0 Å². The molecule has 0 saturated carbocycles. The summed E-state index contributed by atoms with van der Waals surface area (Å²) in [7, 11) is 0. The fraction of sp³-hybridized carbons (Fsp3) is 0.333. The molecule has 0 unspecified atom stereocenters. The van der Waals surface area contributed by atoms with Gasteiger partial charge in [0.2, 0.25) is 5.91 Å². The second kappa shape index (κ2) is 10.0. The molecule has 6 heteroatoms. The van der Waals surface area contributed by atoms with Crippen LogP contribution in [0.3, 0.4) is 0 Å². The van der Waals surface area contributed by atoms with Gasteiger partial charge in [-0.2, -0.15) is 11.8 Å². The molecule has 1 aliphatic rings. The monoisotopic (exact) mass is 383 g/mol. The topological polar surface area (TPSA) is 61.4 Å². The number of nitrogens with zero attached hydrogens (tertiary/aromatic N) is 1. The van der Waals surface area contributed by atoms with E-state index in [1.54, 1.807) is 0 Å². The molecule has 3 amide bonds. The number of benzene rings is 2. The van der Waals surface area contributed by atoms with Gasteiger partial charge in [-0.3, -0.25) is 4.79 Å². The average Bonchev–Trinajstić information content (AvgIpc) is 2.71. The molecular weight excluding hydrogens is 358 g/mol.